The van der Waals surface area contributed by atoms with Crippen molar-refractivity contribution in [1.82, 2.24) is 15.5 Å². The summed E-state index contributed by atoms with van der Waals surface area (Å²) in [5, 5.41) is 5.73. The van der Waals surface area contributed by atoms with Gasteiger partial charge in [-0.1, -0.05) is 74.5 Å². The number of alkyl carbamates (subject to hydrolysis) is 1. The topological polar surface area (TPSA) is 87.7 Å². The maximum atomic E-state index is 13.3. The lowest BCUT2D eigenvalue weighted by Crippen LogP contribution is -2.50. The van der Waals surface area contributed by atoms with Gasteiger partial charge in [-0.15, -0.1) is 0 Å². The molecular weight excluding hydrogens is 430 g/mol. The van der Waals surface area contributed by atoms with Crippen LogP contribution in [0.3, 0.4) is 0 Å². The van der Waals surface area contributed by atoms with Crippen molar-refractivity contribution in [2.24, 2.45) is 5.92 Å². The van der Waals surface area contributed by atoms with Crippen molar-refractivity contribution < 1.29 is 19.1 Å². The molecule has 0 unspecified atom stereocenters. The number of nitrogens with one attached hydrogen (secondary N) is 2. The zero-order valence-corrected chi connectivity index (χ0v) is 20.0. The quantitative estimate of drug-likeness (QED) is 0.532. The van der Waals surface area contributed by atoms with Crippen molar-refractivity contribution >= 4 is 17.8 Å². The second-order valence-electron chi connectivity index (χ2n) is 9.18. The molecule has 34 heavy (non-hydrogen) atoms. The van der Waals surface area contributed by atoms with Crippen LogP contribution in [-0.2, 0) is 27.4 Å². The van der Waals surface area contributed by atoms with Crippen LogP contribution in [0.25, 0.3) is 0 Å². The summed E-state index contributed by atoms with van der Waals surface area (Å²) in [6, 6.07) is 17.9. The number of hydrogen-bond donors (Lipinski definition) is 2. The highest BCUT2D eigenvalue weighted by atomic mass is 16.5. The molecule has 7 heteroatoms. The van der Waals surface area contributed by atoms with Gasteiger partial charge in [-0.3, -0.25) is 14.5 Å². The number of carbonyl (C=O) groups is 3. The van der Waals surface area contributed by atoms with Crippen LogP contribution in [0, 0.1) is 5.92 Å². The van der Waals surface area contributed by atoms with Gasteiger partial charge in [-0.2, -0.15) is 0 Å². The minimum atomic E-state index is -0.745. The van der Waals surface area contributed by atoms with E-state index < -0.39 is 12.1 Å². The molecule has 0 aliphatic carbocycles. The molecule has 182 valence electrons. The van der Waals surface area contributed by atoms with Crippen molar-refractivity contribution in [3.05, 3.63) is 71.8 Å². The van der Waals surface area contributed by atoms with Crippen molar-refractivity contribution in [2.45, 2.75) is 51.8 Å². The van der Waals surface area contributed by atoms with Gasteiger partial charge in [0.15, 0.2) is 5.78 Å². The number of amides is 2. The van der Waals surface area contributed by atoms with E-state index in [1.54, 1.807) is 0 Å². The summed E-state index contributed by atoms with van der Waals surface area (Å²) < 4.78 is 5.35. The lowest BCUT2D eigenvalue weighted by molar-refractivity contribution is -0.127. The molecule has 0 aromatic heterocycles. The van der Waals surface area contributed by atoms with E-state index in [-0.39, 0.29) is 30.9 Å². The molecule has 1 aliphatic heterocycles. The number of carbonyl (C=O) groups excluding carboxylic acids is 3. The Hall–Kier alpha value is -3.19. The van der Waals surface area contributed by atoms with Crippen LogP contribution in [0.1, 0.15) is 37.8 Å². The van der Waals surface area contributed by atoms with E-state index in [2.05, 4.69) is 10.6 Å². The summed E-state index contributed by atoms with van der Waals surface area (Å²) in [5.41, 5.74) is 1.81. The molecule has 7 nitrogen and oxygen atoms in total. The minimum Gasteiger partial charge on any atom is -0.445 e. The Labute approximate surface area is 201 Å². The average Bonchev–Trinajstić information content (AvgIpc) is 3.30. The fourth-order valence-electron chi connectivity index (χ4n) is 4.05. The summed E-state index contributed by atoms with van der Waals surface area (Å²) in [4.78, 5) is 40.4. The third-order valence-corrected chi connectivity index (χ3v) is 5.89. The maximum absolute atomic E-state index is 13.3. The number of nitrogens with zero attached hydrogens (tertiary/aromatic N) is 1. The van der Waals surface area contributed by atoms with Gasteiger partial charge in [-0.25, -0.2) is 4.79 Å². The summed E-state index contributed by atoms with van der Waals surface area (Å²) in [5.74, 6) is 0.194. The van der Waals surface area contributed by atoms with Gasteiger partial charge in [0.1, 0.15) is 6.61 Å². The normalized spacial score (nSPS) is 16.7. The highest BCUT2D eigenvalue weighted by Gasteiger charge is 2.33. The molecule has 0 radical (unpaired) electrons. The molecule has 2 atom stereocenters. The molecule has 1 heterocycles. The van der Waals surface area contributed by atoms with E-state index in [9.17, 15) is 14.4 Å². The fourth-order valence-corrected chi connectivity index (χ4v) is 4.05. The number of ketones is 1. The van der Waals surface area contributed by atoms with E-state index in [0.29, 0.717) is 25.4 Å². The smallest absolute Gasteiger partial charge is 0.408 e. The second-order valence-corrected chi connectivity index (χ2v) is 9.18. The molecule has 0 spiro atoms. The van der Waals surface area contributed by atoms with Gasteiger partial charge in [0, 0.05) is 6.54 Å². The average molecular weight is 466 g/mol. The standard InChI is InChI=1S/C27H35N3O4/c1-20(2)17-28-26(32)24-14-9-15-30(24)18-25(31)23(16-21-10-5-3-6-11-21)29-27(33)34-19-22-12-7-4-8-13-22/h3-8,10-13,20,23-24H,9,14-19H2,1-2H3,(H,28,32)(H,29,33)/t23-,24-/m0/s1. The molecular formula is C27H35N3O4. The zero-order valence-electron chi connectivity index (χ0n) is 20.0. The number of benzene rings is 2. The molecule has 2 aromatic rings. The summed E-state index contributed by atoms with van der Waals surface area (Å²) in [7, 11) is 0. The second kappa shape index (κ2) is 12.9. The molecule has 1 saturated heterocycles. The van der Waals surface area contributed by atoms with Crippen LogP contribution < -0.4 is 10.6 Å². The van der Waals surface area contributed by atoms with Gasteiger partial charge in [-0.05, 0) is 42.9 Å². The maximum Gasteiger partial charge on any atom is 0.408 e. The summed E-state index contributed by atoms with van der Waals surface area (Å²) in [6.07, 6.45) is 1.32. The van der Waals surface area contributed by atoms with Gasteiger partial charge in [0.25, 0.3) is 0 Å². The van der Waals surface area contributed by atoms with E-state index in [1.165, 1.54) is 0 Å². The van der Waals surface area contributed by atoms with Crippen molar-refractivity contribution in [2.75, 3.05) is 19.6 Å². The lowest BCUT2D eigenvalue weighted by atomic mass is 10.0. The summed E-state index contributed by atoms with van der Waals surface area (Å²) in [6.45, 7) is 5.63. The first-order valence-corrected chi connectivity index (χ1v) is 12.0. The van der Waals surface area contributed by atoms with Crippen LogP contribution in [-0.4, -0.2) is 54.4 Å². The molecule has 1 aliphatic rings. The molecule has 3 rings (SSSR count). The first-order chi connectivity index (χ1) is 16.4. The van der Waals surface area contributed by atoms with E-state index in [0.717, 1.165) is 24.0 Å². The van der Waals surface area contributed by atoms with E-state index in [1.807, 2.05) is 79.4 Å². The first-order valence-electron chi connectivity index (χ1n) is 12.0. The minimum absolute atomic E-state index is 0.0335. The van der Waals surface area contributed by atoms with Gasteiger partial charge in [0.05, 0.1) is 18.6 Å². The number of rotatable bonds is 11. The first kappa shape index (κ1) is 25.4. The predicted octanol–water partition coefficient (Wildman–Crippen LogP) is 3.33. The molecule has 2 amide bonds. The number of likely N-dealkylation sites (tertiary alicyclic amines) is 1. The van der Waals surface area contributed by atoms with Crippen LogP contribution in [0.2, 0.25) is 0 Å². The zero-order chi connectivity index (χ0) is 24.3. The lowest BCUT2D eigenvalue weighted by Gasteiger charge is -2.26. The van der Waals surface area contributed by atoms with Gasteiger partial charge in [0.2, 0.25) is 5.91 Å². The Kier molecular flexibility index (Phi) is 9.64. The highest BCUT2D eigenvalue weighted by molar-refractivity contribution is 5.90. The number of Topliss-reactive ketones (excluding diaryl/α,β-unsaturated/α-hetero) is 1. The molecule has 0 saturated carbocycles. The van der Waals surface area contributed by atoms with Crippen molar-refractivity contribution in [3.63, 3.8) is 0 Å². The number of hydrogen-bond acceptors (Lipinski definition) is 5. The summed E-state index contributed by atoms with van der Waals surface area (Å²) >= 11 is 0. The highest BCUT2D eigenvalue weighted by Crippen LogP contribution is 2.18. The van der Waals surface area contributed by atoms with Crippen LogP contribution in [0.5, 0.6) is 0 Å². The third kappa shape index (κ3) is 7.99. The Bertz CT molecular complexity index is 933. The van der Waals surface area contributed by atoms with Crippen molar-refractivity contribution in [1.29, 1.82) is 0 Å². The fraction of sp³-hybridized carbons (Fsp3) is 0.444. The molecule has 2 aromatic carbocycles. The monoisotopic (exact) mass is 465 g/mol. The Morgan fingerprint density at radius 2 is 1.65 bits per heavy atom. The molecule has 2 N–H and O–H groups in total. The predicted molar refractivity (Wildman–Crippen MR) is 131 cm³/mol. The largest absolute Gasteiger partial charge is 0.445 e. The molecule has 1 fully saturated rings. The Morgan fingerprint density at radius 3 is 2.29 bits per heavy atom. The third-order valence-electron chi connectivity index (χ3n) is 5.89. The molecule has 0 bridgehead atoms. The SMILES string of the molecule is CC(C)CNC(=O)[C@@H]1CCCN1CC(=O)[C@H](Cc1ccccc1)NC(=O)OCc1ccccc1. The van der Waals surface area contributed by atoms with E-state index >= 15 is 0 Å². The van der Waals surface area contributed by atoms with Crippen LogP contribution >= 0.6 is 0 Å². The van der Waals surface area contributed by atoms with Gasteiger partial charge < -0.3 is 15.4 Å². The number of ether oxygens (including phenoxy) is 1. The van der Waals surface area contributed by atoms with Gasteiger partial charge >= 0.3 is 6.09 Å². The van der Waals surface area contributed by atoms with Crippen molar-refractivity contribution in [3.8, 4) is 0 Å². The van der Waals surface area contributed by atoms with Crippen LogP contribution in [0.4, 0.5) is 4.79 Å². The van der Waals surface area contributed by atoms with E-state index in [4.69, 9.17) is 4.74 Å². The Balaban J connectivity index is 1.62. The van der Waals surface area contributed by atoms with Crippen LogP contribution in [0.15, 0.2) is 60.7 Å². The Morgan fingerprint density at radius 1 is 1.00 bits per heavy atom.